The predicted octanol–water partition coefficient (Wildman–Crippen LogP) is 4.97. The average Bonchev–Trinajstić information content (AvgIpc) is 2.25. The molecule has 0 heterocycles. The van der Waals surface area contributed by atoms with Gasteiger partial charge in [0.2, 0.25) is 0 Å². The van der Waals surface area contributed by atoms with Crippen LogP contribution in [-0.4, -0.2) is 5.60 Å². The number of benzene rings is 1. The fraction of sp³-hybridized carbons (Fsp3) is 0.647. The first-order chi connectivity index (χ1) is 8.42. The van der Waals surface area contributed by atoms with Crippen LogP contribution in [0.2, 0.25) is 0 Å². The maximum atomic E-state index is 5.61. The number of rotatable bonds is 3. The highest BCUT2D eigenvalue weighted by atomic mass is 17.2. The van der Waals surface area contributed by atoms with Gasteiger partial charge in [-0.3, -0.25) is 0 Å². The van der Waals surface area contributed by atoms with E-state index >= 15 is 0 Å². The van der Waals surface area contributed by atoms with Gasteiger partial charge in [-0.1, -0.05) is 45.0 Å². The third-order valence-corrected chi connectivity index (χ3v) is 2.95. The lowest BCUT2D eigenvalue weighted by Gasteiger charge is -2.29. The summed E-state index contributed by atoms with van der Waals surface area (Å²) in [6.07, 6.45) is 0. The lowest BCUT2D eigenvalue weighted by atomic mass is 9.85. The maximum Gasteiger partial charge on any atom is 0.123 e. The van der Waals surface area contributed by atoms with Crippen molar-refractivity contribution < 1.29 is 9.78 Å². The van der Waals surface area contributed by atoms with Gasteiger partial charge in [0.1, 0.15) is 5.60 Å². The molecule has 0 aliphatic carbocycles. The van der Waals surface area contributed by atoms with E-state index in [1.165, 1.54) is 5.56 Å². The first-order valence-corrected chi connectivity index (χ1v) is 6.90. The van der Waals surface area contributed by atoms with Crippen LogP contribution in [0.15, 0.2) is 24.3 Å². The first kappa shape index (κ1) is 16.2. The van der Waals surface area contributed by atoms with Crippen LogP contribution >= 0.6 is 0 Å². The second-order valence-electron chi connectivity index (χ2n) is 7.62. The van der Waals surface area contributed by atoms with Crippen molar-refractivity contribution >= 4 is 0 Å². The third kappa shape index (κ3) is 4.96. The zero-order valence-electron chi connectivity index (χ0n) is 13.6. The van der Waals surface area contributed by atoms with Crippen LogP contribution in [0.1, 0.15) is 66.5 Å². The molecule has 0 N–H and O–H groups in total. The van der Waals surface area contributed by atoms with Crippen LogP contribution in [0.3, 0.4) is 0 Å². The molecule has 1 aromatic carbocycles. The lowest BCUT2D eigenvalue weighted by molar-refractivity contribution is -0.401. The van der Waals surface area contributed by atoms with Crippen LogP contribution in [0.5, 0.6) is 0 Å². The highest BCUT2D eigenvalue weighted by Gasteiger charge is 2.26. The van der Waals surface area contributed by atoms with Gasteiger partial charge in [-0.25, -0.2) is 9.78 Å². The number of hydrogen-bond donors (Lipinski definition) is 0. The summed E-state index contributed by atoms with van der Waals surface area (Å²) < 4.78 is 0. The van der Waals surface area contributed by atoms with Crippen LogP contribution in [0.4, 0.5) is 0 Å². The molecule has 0 radical (unpaired) electrons. The molecule has 19 heavy (non-hydrogen) atoms. The van der Waals surface area contributed by atoms with Gasteiger partial charge in [0.05, 0.1) is 5.60 Å². The fourth-order valence-electron chi connectivity index (χ4n) is 1.65. The molecule has 1 aromatic rings. The van der Waals surface area contributed by atoms with Gasteiger partial charge in [0.15, 0.2) is 0 Å². The molecule has 2 nitrogen and oxygen atoms in total. The Kier molecular flexibility index (Phi) is 4.48. The predicted molar refractivity (Wildman–Crippen MR) is 80.1 cm³/mol. The molecule has 0 fully saturated rings. The standard InChI is InChI=1S/C17H28O2/c1-15(2,3)13-9-11-14(12-10-13)17(7,8)19-18-16(4,5)6/h9-12H,1-8H3. The molecule has 0 unspecified atom stereocenters. The van der Waals surface area contributed by atoms with E-state index in [0.717, 1.165) is 5.56 Å². The highest BCUT2D eigenvalue weighted by Crippen LogP contribution is 2.29. The Bertz CT molecular complexity index is 402. The van der Waals surface area contributed by atoms with Crippen LogP contribution in [-0.2, 0) is 20.8 Å². The molecule has 0 aromatic heterocycles. The molecule has 1 rings (SSSR count). The van der Waals surface area contributed by atoms with E-state index in [-0.39, 0.29) is 11.0 Å². The monoisotopic (exact) mass is 264 g/mol. The van der Waals surface area contributed by atoms with E-state index in [9.17, 15) is 0 Å². The Morgan fingerprint density at radius 3 is 1.42 bits per heavy atom. The van der Waals surface area contributed by atoms with Crippen molar-refractivity contribution in [3.8, 4) is 0 Å². The maximum absolute atomic E-state index is 5.61. The molecular formula is C17H28O2. The van der Waals surface area contributed by atoms with E-state index < -0.39 is 5.60 Å². The van der Waals surface area contributed by atoms with Crippen molar-refractivity contribution in [2.45, 2.75) is 72.0 Å². The Labute approximate surface area is 118 Å². The summed E-state index contributed by atoms with van der Waals surface area (Å²) in [4.78, 5) is 11.1. The summed E-state index contributed by atoms with van der Waals surface area (Å²) in [5.74, 6) is 0. The van der Waals surface area contributed by atoms with Crippen molar-refractivity contribution in [2.75, 3.05) is 0 Å². The molecule has 0 aliphatic heterocycles. The van der Waals surface area contributed by atoms with Crippen LogP contribution in [0, 0.1) is 0 Å². The van der Waals surface area contributed by atoms with Crippen molar-refractivity contribution in [2.24, 2.45) is 0 Å². The van der Waals surface area contributed by atoms with Gasteiger partial charge in [0.25, 0.3) is 0 Å². The van der Waals surface area contributed by atoms with Gasteiger partial charge in [-0.2, -0.15) is 0 Å². The quantitative estimate of drug-likeness (QED) is 0.567. The minimum atomic E-state index is -0.455. The average molecular weight is 264 g/mol. The van der Waals surface area contributed by atoms with E-state index in [4.69, 9.17) is 9.78 Å². The molecule has 0 amide bonds. The first-order valence-electron chi connectivity index (χ1n) is 6.90. The number of hydrogen-bond acceptors (Lipinski definition) is 2. The van der Waals surface area contributed by atoms with E-state index in [0.29, 0.717) is 0 Å². The van der Waals surface area contributed by atoms with E-state index in [1.54, 1.807) is 0 Å². The SMILES string of the molecule is CC(C)(C)OOC(C)(C)c1ccc(C(C)(C)C)cc1. The zero-order chi connectivity index (χ0) is 14.9. The van der Waals surface area contributed by atoms with Crippen molar-refractivity contribution in [3.63, 3.8) is 0 Å². The van der Waals surface area contributed by atoms with Gasteiger partial charge in [-0.05, 0) is 51.2 Å². The van der Waals surface area contributed by atoms with E-state index in [1.807, 2.05) is 34.6 Å². The molecule has 0 saturated heterocycles. The van der Waals surface area contributed by atoms with Gasteiger partial charge < -0.3 is 0 Å². The zero-order valence-corrected chi connectivity index (χ0v) is 13.6. The van der Waals surface area contributed by atoms with Gasteiger partial charge in [-0.15, -0.1) is 0 Å². The Hall–Kier alpha value is -0.860. The molecule has 0 saturated carbocycles. The van der Waals surface area contributed by atoms with Crippen molar-refractivity contribution in [1.82, 2.24) is 0 Å². The Balaban J connectivity index is 2.85. The fourth-order valence-corrected chi connectivity index (χ4v) is 1.65. The Morgan fingerprint density at radius 2 is 1.05 bits per heavy atom. The highest BCUT2D eigenvalue weighted by molar-refractivity contribution is 5.30. The molecule has 108 valence electrons. The second-order valence-corrected chi connectivity index (χ2v) is 7.62. The van der Waals surface area contributed by atoms with Gasteiger partial charge in [0, 0.05) is 0 Å². The normalized spacial score (nSPS) is 13.7. The minimum absolute atomic E-state index is 0.172. The summed E-state index contributed by atoms with van der Waals surface area (Å²) in [5.41, 5.74) is 1.85. The molecular weight excluding hydrogens is 236 g/mol. The topological polar surface area (TPSA) is 18.5 Å². The molecule has 0 spiro atoms. The van der Waals surface area contributed by atoms with E-state index in [2.05, 4.69) is 45.0 Å². The van der Waals surface area contributed by atoms with Gasteiger partial charge >= 0.3 is 0 Å². The largest absolute Gasteiger partial charge is 0.230 e. The minimum Gasteiger partial charge on any atom is -0.230 e. The molecule has 0 bridgehead atoms. The third-order valence-electron chi connectivity index (χ3n) is 2.95. The smallest absolute Gasteiger partial charge is 0.123 e. The summed E-state index contributed by atoms with van der Waals surface area (Å²) in [7, 11) is 0. The van der Waals surface area contributed by atoms with Crippen LogP contribution in [0.25, 0.3) is 0 Å². The van der Waals surface area contributed by atoms with Crippen molar-refractivity contribution in [3.05, 3.63) is 35.4 Å². The lowest BCUT2D eigenvalue weighted by Crippen LogP contribution is -2.29. The summed E-state index contributed by atoms with van der Waals surface area (Å²) in [6.45, 7) is 16.6. The summed E-state index contributed by atoms with van der Waals surface area (Å²) in [6, 6.07) is 8.56. The molecule has 0 atom stereocenters. The van der Waals surface area contributed by atoms with Crippen LogP contribution < -0.4 is 0 Å². The Morgan fingerprint density at radius 1 is 0.632 bits per heavy atom. The molecule has 0 aliphatic rings. The second kappa shape index (κ2) is 5.26. The molecule has 2 heteroatoms. The summed E-state index contributed by atoms with van der Waals surface area (Å²) in [5, 5.41) is 0. The van der Waals surface area contributed by atoms with Crippen molar-refractivity contribution in [1.29, 1.82) is 0 Å². The summed E-state index contributed by atoms with van der Waals surface area (Å²) >= 11 is 0.